The van der Waals surface area contributed by atoms with E-state index in [1.54, 1.807) is 17.8 Å². The van der Waals surface area contributed by atoms with E-state index in [2.05, 4.69) is 51.9 Å². The summed E-state index contributed by atoms with van der Waals surface area (Å²) >= 11 is 0. The van der Waals surface area contributed by atoms with Crippen LogP contribution in [0.5, 0.6) is 11.6 Å². The maximum Gasteiger partial charge on any atom is 0.205 e. The summed E-state index contributed by atoms with van der Waals surface area (Å²) in [6.45, 7) is 7.62. The summed E-state index contributed by atoms with van der Waals surface area (Å²) in [5, 5.41) is 14.1. The van der Waals surface area contributed by atoms with Crippen LogP contribution in [0.15, 0.2) is 49.1 Å². The molecule has 10 heteroatoms. The number of hydrogen-bond acceptors (Lipinski definition) is 8. The number of hydrogen-bond donors (Lipinski definition) is 0. The highest BCUT2D eigenvalue weighted by atomic mass is 16.5. The first kappa shape index (κ1) is 26.1. The average Bonchev–Trinajstić information content (AvgIpc) is 3.41. The van der Waals surface area contributed by atoms with Crippen molar-refractivity contribution in [1.82, 2.24) is 24.5 Å². The zero-order valence-electron chi connectivity index (χ0n) is 23.1. The van der Waals surface area contributed by atoms with Crippen molar-refractivity contribution >= 4 is 24.6 Å². The summed E-state index contributed by atoms with van der Waals surface area (Å²) in [5.74, 6) is 2.61. The van der Waals surface area contributed by atoms with Gasteiger partial charge in [0.15, 0.2) is 0 Å². The second-order valence-electron chi connectivity index (χ2n) is 10.8. The van der Waals surface area contributed by atoms with Gasteiger partial charge in [0.05, 0.1) is 37.2 Å². The number of nitriles is 1. The van der Waals surface area contributed by atoms with E-state index in [-0.39, 0.29) is 0 Å². The maximum atomic E-state index is 9.69. The summed E-state index contributed by atoms with van der Waals surface area (Å²) in [6.07, 6.45) is 9.41. The Bertz CT molecular complexity index is 1550. The topological polar surface area (TPSA) is 91.8 Å². The monoisotopic (exact) mass is 533 g/mol. The van der Waals surface area contributed by atoms with Gasteiger partial charge in [-0.1, -0.05) is 26.3 Å². The van der Waals surface area contributed by atoms with E-state index in [1.807, 2.05) is 30.7 Å². The molecule has 7 rings (SSSR count). The van der Waals surface area contributed by atoms with Gasteiger partial charge in [0, 0.05) is 55.2 Å². The quantitative estimate of drug-likeness (QED) is 0.303. The van der Waals surface area contributed by atoms with Gasteiger partial charge >= 0.3 is 0 Å². The molecule has 0 aliphatic carbocycles. The van der Waals surface area contributed by atoms with Crippen molar-refractivity contribution in [2.45, 2.75) is 45.3 Å². The van der Waals surface area contributed by atoms with Crippen LogP contribution in [0.3, 0.4) is 0 Å². The van der Waals surface area contributed by atoms with Gasteiger partial charge in [-0.2, -0.15) is 10.4 Å². The molecule has 3 fully saturated rings. The first-order valence-corrected chi connectivity index (χ1v) is 13.8. The number of methoxy groups -OCH3 is 1. The molecule has 0 saturated carbocycles. The lowest BCUT2D eigenvalue weighted by Crippen LogP contribution is -2.68. The Morgan fingerprint density at radius 1 is 1.15 bits per heavy atom. The number of piperidine rings is 1. The van der Waals surface area contributed by atoms with Gasteiger partial charge in [-0.15, -0.1) is 0 Å². The molecule has 9 nitrogen and oxygen atoms in total. The third-order valence-corrected chi connectivity index (χ3v) is 8.16. The number of pyridine rings is 3. The molecule has 3 unspecified atom stereocenters. The molecule has 3 atom stereocenters. The van der Waals surface area contributed by atoms with Gasteiger partial charge in [0.2, 0.25) is 5.88 Å². The molecule has 4 aromatic heterocycles. The molecule has 0 amide bonds. The summed E-state index contributed by atoms with van der Waals surface area (Å²) in [4.78, 5) is 14.1. The van der Waals surface area contributed by atoms with Crippen molar-refractivity contribution in [1.29, 1.82) is 5.26 Å². The van der Waals surface area contributed by atoms with E-state index >= 15 is 0 Å². The molecule has 4 aromatic rings. The van der Waals surface area contributed by atoms with Crippen molar-refractivity contribution in [3.63, 3.8) is 0 Å². The van der Waals surface area contributed by atoms with Gasteiger partial charge in [0.1, 0.15) is 25.5 Å². The van der Waals surface area contributed by atoms with E-state index in [0.717, 1.165) is 59.8 Å². The zero-order valence-corrected chi connectivity index (χ0v) is 23.1. The Labute approximate surface area is 235 Å². The maximum absolute atomic E-state index is 9.69. The van der Waals surface area contributed by atoms with Gasteiger partial charge in [-0.25, -0.2) is 14.5 Å². The van der Waals surface area contributed by atoms with E-state index in [0.29, 0.717) is 41.5 Å². The van der Waals surface area contributed by atoms with Crippen LogP contribution in [0, 0.1) is 17.2 Å². The lowest BCUT2D eigenvalue weighted by atomic mass is 9.86. The van der Waals surface area contributed by atoms with E-state index in [1.165, 1.54) is 6.42 Å². The number of rotatable bonds is 9. The lowest BCUT2D eigenvalue weighted by molar-refractivity contribution is -0.00874. The second kappa shape index (κ2) is 10.8. The Morgan fingerprint density at radius 3 is 2.65 bits per heavy atom. The predicted octanol–water partition coefficient (Wildman–Crippen LogP) is 3.35. The predicted molar refractivity (Wildman–Crippen MR) is 154 cm³/mol. The molecular weight excluding hydrogens is 501 g/mol. The van der Waals surface area contributed by atoms with Crippen LogP contribution < -0.4 is 19.8 Å². The fourth-order valence-electron chi connectivity index (χ4n) is 5.68. The number of aromatic nitrogens is 4. The van der Waals surface area contributed by atoms with Crippen LogP contribution in [0.1, 0.15) is 37.8 Å². The highest BCUT2D eigenvalue weighted by molar-refractivity contribution is 6.34. The number of nitrogens with zero attached hydrogens (tertiary/aromatic N) is 7. The van der Waals surface area contributed by atoms with Crippen molar-refractivity contribution in [3.8, 4) is 28.8 Å². The first-order valence-electron chi connectivity index (χ1n) is 13.8. The Morgan fingerprint density at radius 2 is 1.98 bits per heavy atom. The van der Waals surface area contributed by atoms with Crippen LogP contribution >= 0.6 is 0 Å². The van der Waals surface area contributed by atoms with Crippen LogP contribution in [-0.4, -0.2) is 71.2 Å². The third kappa shape index (κ3) is 4.86. The molecule has 2 radical (unpaired) electrons. The van der Waals surface area contributed by atoms with E-state index in [4.69, 9.17) is 22.3 Å². The van der Waals surface area contributed by atoms with Crippen LogP contribution in [0.25, 0.3) is 16.6 Å². The molecule has 3 aliphatic rings. The standard InChI is InChI=1S/C30H32BN7O2/c1-4-19(2)18-40-25-9-26(29-22(10-32)13-35-38(29)17-25)21-5-6-28(33-12-21)36-15-23-8-24(16-36)37(23)14-20-7-27(31)30(39-3)34-11-20/h5-7,9,11-13,17,19,23-24H,4,8,14-16,18H2,1-3H3. The summed E-state index contributed by atoms with van der Waals surface area (Å²) < 4.78 is 13.0. The highest BCUT2D eigenvalue weighted by Gasteiger charge is 2.44. The van der Waals surface area contributed by atoms with E-state index in [9.17, 15) is 5.26 Å². The molecule has 202 valence electrons. The molecule has 3 saturated heterocycles. The number of ether oxygens (including phenoxy) is 2. The largest absolute Gasteiger partial charge is 0.492 e. The molecule has 0 aromatic carbocycles. The Hall–Kier alpha value is -4.10. The zero-order chi connectivity index (χ0) is 27.8. The smallest absolute Gasteiger partial charge is 0.205 e. The minimum Gasteiger partial charge on any atom is -0.492 e. The Kier molecular flexibility index (Phi) is 7.07. The normalized spacial score (nSPS) is 19.2. The van der Waals surface area contributed by atoms with Crippen molar-refractivity contribution in [2.24, 2.45) is 5.92 Å². The highest BCUT2D eigenvalue weighted by Crippen LogP contribution is 2.36. The van der Waals surface area contributed by atoms with Crippen molar-refractivity contribution in [3.05, 3.63) is 60.2 Å². The summed E-state index contributed by atoms with van der Waals surface area (Å²) in [7, 11) is 7.65. The summed E-state index contributed by atoms with van der Waals surface area (Å²) in [6, 6.07) is 11.3. The second-order valence-corrected chi connectivity index (χ2v) is 10.8. The fraction of sp³-hybridized carbons (Fsp3) is 0.400. The van der Waals surface area contributed by atoms with Crippen LogP contribution in [0.2, 0.25) is 0 Å². The molecular formula is C30H32BN7O2. The summed E-state index contributed by atoms with van der Waals surface area (Å²) in [5.41, 5.74) is 4.76. The van der Waals surface area contributed by atoms with Crippen molar-refractivity contribution < 1.29 is 9.47 Å². The number of anilines is 1. The van der Waals surface area contributed by atoms with Gasteiger partial charge in [0.25, 0.3) is 0 Å². The molecule has 2 bridgehead atoms. The van der Waals surface area contributed by atoms with Crippen LogP contribution in [-0.2, 0) is 6.54 Å². The molecule has 0 spiro atoms. The minimum atomic E-state index is 0.449. The SMILES string of the molecule is [B]c1cc(CN2C3CC2CN(c2ccc(-c4cc(OCC(C)CC)cn5ncc(C#N)c45)cn2)C3)cnc1OC. The molecule has 40 heavy (non-hydrogen) atoms. The Balaban J connectivity index is 1.18. The van der Waals surface area contributed by atoms with Gasteiger partial charge < -0.3 is 14.4 Å². The lowest BCUT2D eigenvalue weighted by Gasteiger charge is -2.56. The third-order valence-electron chi connectivity index (χ3n) is 8.16. The fourth-order valence-corrected chi connectivity index (χ4v) is 5.68. The van der Waals surface area contributed by atoms with Crippen LogP contribution in [0.4, 0.5) is 5.82 Å². The number of fused-ring (bicyclic) bond motifs is 3. The average molecular weight is 533 g/mol. The first-order chi connectivity index (χ1) is 19.5. The van der Waals surface area contributed by atoms with Gasteiger partial charge in [-0.05, 0) is 41.6 Å². The molecule has 0 N–H and O–H groups in total. The number of piperazine rings is 1. The molecule has 3 aliphatic heterocycles. The van der Waals surface area contributed by atoms with Gasteiger partial charge in [-0.3, -0.25) is 4.90 Å². The van der Waals surface area contributed by atoms with E-state index < -0.39 is 0 Å². The minimum absolute atomic E-state index is 0.449. The molecule has 7 heterocycles. The van der Waals surface area contributed by atoms with Crippen molar-refractivity contribution in [2.75, 3.05) is 31.7 Å².